The van der Waals surface area contributed by atoms with Crippen LogP contribution in [0.5, 0.6) is 5.75 Å². The standard InChI is InChI=1S/C23H28N4O5/c1-12(2)24-23(31)32-14-7-6-13(8-14)19-10-21(27-26-19)25-22(30)17-9-16(17)15-4-3-5-20(29)18(15)11-28/h3-5,10-14,16-17,29H,6-9H2,1-2H3,(H,24,31)(H2,25,26,27,30)/t13-,14+,16+,17-/m0/s1. The van der Waals surface area contributed by atoms with Crippen molar-refractivity contribution in [2.45, 2.75) is 63.5 Å². The van der Waals surface area contributed by atoms with Gasteiger partial charge in [-0.25, -0.2) is 4.79 Å². The molecule has 4 rings (SSSR count). The summed E-state index contributed by atoms with van der Waals surface area (Å²) >= 11 is 0. The SMILES string of the molecule is CC(C)NC(=O)O[C@@H]1CC[C@H](c2cc(NC(=O)[C@H]3C[C@@H]3c3cccc(O)c3C=O)n[nH]2)C1. The molecule has 4 N–H and O–H groups in total. The lowest BCUT2D eigenvalue weighted by molar-refractivity contribution is -0.117. The Morgan fingerprint density at radius 2 is 2.09 bits per heavy atom. The second-order valence-corrected chi connectivity index (χ2v) is 8.88. The van der Waals surface area contributed by atoms with E-state index in [1.165, 1.54) is 6.07 Å². The van der Waals surface area contributed by atoms with Gasteiger partial charge < -0.3 is 20.5 Å². The Labute approximate surface area is 185 Å². The van der Waals surface area contributed by atoms with Gasteiger partial charge in [0, 0.05) is 29.6 Å². The van der Waals surface area contributed by atoms with Crippen LogP contribution in [0.15, 0.2) is 24.3 Å². The molecule has 32 heavy (non-hydrogen) atoms. The number of H-pyrrole nitrogens is 1. The Balaban J connectivity index is 1.31. The highest BCUT2D eigenvalue weighted by molar-refractivity contribution is 5.95. The van der Waals surface area contributed by atoms with Crippen LogP contribution in [0, 0.1) is 5.92 Å². The normalized spacial score (nSPS) is 24.2. The molecule has 1 heterocycles. The van der Waals surface area contributed by atoms with E-state index in [0.717, 1.165) is 18.5 Å². The van der Waals surface area contributed by atoms with E-state index in [0.29, 0.717) is 30.5 Å². The van der Waals surface area contributed by atoms with Gasteiger partial charge in [0.05, 0.1) is 5.56 Å². The van der Waals surface area contributed by atoms with Gasteiger partial charge in [-0.1, -0.05) is 12.1 Å². The van der Waals surface area contributed by atoms with Crippen molar-refractivity contribution in [1.29, 1.82) is 0 Å². The molecule has 1 aromatic heterocycles. The number of amides is 2. The number of ether oxygens (including phenoxy) is 1. The molecule has 2 fully saturated rings. The van der Waals surface area contributed by atoms with E-state index in [9.17, 15) is 19.5 Å². The number of hydrogen-bond donors (Lipinski definition) is 4. The van der Waals surface area contributed by atoms with Crippen molar-refractivity contribution in [3.05, 3.63) is 41.1 Å². The third-order valence-electron chi connectivity index (χ3n) is 6.11. The predicted molar refractivity (Wildman–Crippen MR) is 117 cm³/mol. The number of phenolic OH excluding ortho intramolecular Hbond substituents is 1. The van der Waals surface area contributed by atoms with Crippen molar-refractivity contribution in [2.24, 2.45) is 5.92 Å². The number of aromatic nitrogens is 2. The zero-order chi connectivity index (χ0) is 22.8. The summed E-state index contributed by atoms with van der Waals surface area (Å²) in [7, 11) is 0. The maximum absolute atomic E-state index is 12.7. The molecular weight excluding hydrogens is 412 g/mol. The molecule has 9 heteroatoms. The highest BCUT2D eigenvalue weighted by atomic mass is 16.6. The third-order valence-corrected chi connectivity index (χ3v) is 6.11. The number of alkyl carbamates (subject to hydrolysis) is 1. The van der Waals surface area contributed by atoms with Crippen LogP contribution in [0.25, 0.3) is 0 Å². The lowest BCUT2D eigenvalue weighted by Crippen LogP contribution is -2.33. The van der Waals surface area contributed by atoms with E-state index in [1.807, 2.05) is 19.9 Å². The number of anilines is 1. The van der Waals surface area contributed by atoms with Crippen LogP contribution >= 0.6 is 0 Å². The minimum atomic E-state index is -0.397. The van der Waals surface area contributed by atoms with Crippen molar-refractivity contribution in [2.75, 3.05) is 5.32 Å². The molecular formula is C23H28N4O5. The first-order valence-corrected chi connectivity index (χ1v) is 11.0. The zero-order valence-electron chi connectivity index (χ0n) is 18.1. The second-order valence-electron chi connectivity index (χ2n) is 8.88. The molecule has 2 aliphatic carbocycles. The largest absolute Gasteiger partial charge is 0.507 e. The van der Waals surface area contributed by atoms with Crippen LogP contribution < -0.4 is 10.6 Å². The van der Waals surface area contributed by atoms with Crippen molar-refractivity contribution in [3.63, 3.8) is 0 Å². The predicted octanol–water partition coefficient (Wildman–Crippen LogP) is 3.44. The molecule has 4 atom stereocenters. The van der Waals surface area contributed by atoms with Gasteiger partial charge in [-0.3, -0.25) is 14.7 Å². The number of hydrogen-bond acceptors (Lipinski definition) is 6. The number of aromatic hydroxyl groups is 1. The van der Waals surface area contributed by atoms with E-state index in [4.69, 9.17) is 4.74 Å². The number of aromatic amines is 1. The molecule has 170 valence electrons. The van der Waals surface area contributed by atoms with Gasteiger partial charge >= 0.3 is 6.09 Å². The number of phenols is 1. The van der Waals surface area contributed by atoms with Crippen LogP contribution in [0.1, 0.15) is 73.0 Å². The average molecular weight is 441 g/mol. The second kappa shape index (κ2) is 9.02. The van der Waals surface area contributed by atoms with Gasteiger partial charge in [-0.15, -0.1) is 0 Å². The minimum absolute atomic E-state index is 0.0298. The van der Waals surface area contributed by atoms with E-state index in [-0.39, 0.29) is 47.1 Å². The smallest absolute Gasteiger partial charge is 0.407 e. The quantitative estimate of drug-likeness (QED) is 0.488. The fourth-order valence-electron chi connectivity index (χ4n) is 4.43. The molecule has 2 aromatic rings. The molecule has 9 nitrogen and oxygen atoms in total. The molecule has 2 saturated carbocycles. The summed E-state index contributed by atoms with van der Waals surface area (Å²) in [5.74, 6) is 0.0438. The van der Waals surface area contributed by atoms with Gasteiger partial charge in [-0.2, -0.15) is 5.10 Å². The van der Waals surface area contributed by atoms with E-state index in [2.05, 4.69) is 20.8 Å². The molecule has 2 aliphatic rings. The summed E-state index contributed by atoms with van der Waals surface area (Å²) in [6.07, 6.45) is 3.07. The first kappa shape index (κ1) is 21.9. The Kier molecular flexibility index (Phi) is 6.16. The number of carbonyl (C=O) groups is 3. The molecule has 0 aliphatic heterocycles. The molecule has 0 spiro atoms. The van der Waals surface area contributed by atoms with Gasteiger partial charge in [0.1, 0.15) is 11.9 Å². The number of rotatable bonds is 7. The summed E-state index contributed by atoms with van der Waals surface area (Å²) in [6, 6.07) is 6.76. The summed E-state index contributed by atoms with van der Waals surface area (Å²) < 4.78 is 5.47. The monoisotopic (exact) mass is 440 g/mol. The lowest BCUT2D eigenvalue weighted by Gasteiger charge is -2.14. The summed E-state index contributed by atoms with van der Waals surface area (Å²) in [5.41, 5.74) is 1.84. The van der Waals surface area contributed by atoms with Gasteiger partial charge in [0.25, 0.3) is 0 Å². The maximum Gasteiger partial charge on any atom is 0.407 e. The highest BCUT2D eigenvalue weighted by Crippen LogP contribution is 2.49. The maximum atomic E-state index is 12.7. The lowest BCUT2D eigenvalue weighted by atomic mass is 10.0. The number of nitrogens with one attached hydrogen (secondary N) is 3. The van der Waals surface area contributed by atoms with Gasteiger partial charge in [-0.05, 0) is 57.1 Å². The Morgan fingerprint density at radius 1 is 1.28 bits per heavy atom. The highest BCUT2D eigenvalue weighted by Gasteiger charge is 2.45. The van der Waals surface area contributed by atoms with Gasteiger partial charge in [0.15, 0.2) is 12.1 Å². The van der Waals surface area contributed by atoms with Crippen LogP contribution in [-0.4, -0.2) is 45.7 Å². The molecule has 0 radical (unpaired) electrons. The third kappa shape index (κ3) is 4.76. The molecule has 0 saturated heterocycles. The van der Waals surface area contributed by atoms with E-state index < -0.39 is 6.09 Å². The van der Waals surface area contributed by atoms with Crippen LogP contribution in [0.3, 0.4) is 0 Å². The van der Waals surface area contributed by atoms with Crippen molar-refractivity contribution >= 4 is 24.1 Å². The minimum Gasteiger partial charge on any atom is -0.507 e. The first-order valence-electron chi connectivity index (χ1n) is 11.0. The number of benzene rings is 1. The topological polar surface area (TPSA) is 133 Å². The number of carbonyl (C=O) groups excluding carboxylic acids is 3. The summed E-state index contributed by atoms with van der Waals surface area (Å²) in [6.45, 7) is 3.77. The van der Waals surface area contributed by atoms with Crippen LogP contribution in [0.4, 0.5) is 10.6 Å². The number of aldehydes is 1. The van der Waals surface area contributed by atoms with E-state index in [1.54, 1.807) is 12.1 Å². The van der Waals surface area contributed by atoms with Gasteiger partial charge in [0.2, 0.25) is 5.91 Å². The van der Waals surface area contributed by atoms with Crippen molar-refractivity contribution < 1.29 is 24.2 Å². The van der Waals surface area contributed by atoms with E-state index >= 15 is 0 Å². The fraction of sp³-hybridized carbons (Fsp3) is 0.478. The fourth-order valence-corrected chi connectivity index (χ4v) is 4.43. The van der Waals surface area contributed by atoms with Crippen molar-refractivity contribution in [1.82, 2.24) is 15.5 Å². The summed E-state index contributed by atoms with van der Waals surface area (Å²) in [4.78, 5) is 35.8. The summed E-state index contributed by atoms with van der Waals surface area (Å²) in [5, 5.41) is 22.6. The molecule has 2 amide bonds. The number of nitrogens with zero attached hydrogens (tertiary/aromatic N) is 1. The average Bonchev–Trinajstić information content (AvgIpc) is 3.17. The zero-order valence-corrected chi connectivity index (χ0v) is 18.1. The molecule has 1 aromatic carbocycles. The first-order chi connectivity index (χ1) is 15.4. The van der Waals surface area contributed by atoms with Crippen LogP contribution in [0.2, 0.25) is 0 Å². The Hall–Kier alpha value is -3.36. The molecule has 0 unspecified atom stereocenters. The Bertz CT molecular complexity index is 1020. The van der Waals surface area contributed by atoms with Crippen molar-refractivity contribution in [3.8, 4) is 5.75 Å². The Morgan fingerprint density at radius 3 is 2.84 bits per heavy atom. The molecule has 0 bridgehead atoms. The van der Waals surface area contributed by atoms with Crippen LogP contribution in [-0.2, 0) is 9.53 Å².